The molecule has 2 aliphatic heterocycles. The quantitative estimate of drug-likeness (QED) is 0.621. The molecule has 2 heterocycles. The highest BCUT2D eigenvalue weighted by atomic mass is 16.5. The summed E-state index contributed by atoms with van der Waals surface area (Å²) in [4.78, 5) is 30.6. The molecule has 0 N–H and O–H groups in total. The maximum absolute atomic E-state index is 13.6. The van der Waals surface area contributed by atoms with Crippen LogP contribution in [0.3, 0.4) is 0 Å². The van der Waals surface area contributed by atoms with Gasteiger partial charge in [0, 0.05) is 25.2 Å². The molecular formula is C26H30N2O4. The maximum atomic E-state index is 13.6. The molecule has 2 aromatic rings. The molecule has 0 aromatic heterocycles. The molecule has 32 heavy (non-hydrogen) atoms. The SMILES string of the molecule is COc1ccc(CCN2C(=O)C(c3ccccc3OC)=C(N3CCCC(C)C3)C2=O)cc1. The maximum Gasteiger partial charge on any atom is 0.277 e. The van der Waals surface area contributed by atoms with Crippen LogP contribution in [0.15, 0.2) is 54.2 Å². The van der Waals surface area contributed by atoms with Gasteiger partial charge in [0.1, 0.15) is 17.2 Å². The normalized spacial score (nSPS) is 19.0. The van der Waals surface area contributed by atoms with E-state index < -0.39 is 0 Å². The summed E-state index contributed by atoms with van der Waals surface area (Å²) in [6.07, 6.45) is 2.73. The second-order valence-corrected chi connectivity index (χ2v) is 8.48. The van der Waals surface area contributed by atoms with E-state index >= 15 is 0 Å². The van der Waals surface area contributed by atoms with Crippen LogP contribution in [0.2, 0.25) is 0 Å². The summed E-state index contributed by atoms with van der Waals surface area (Å²) >= 11 is 0. The monoisotopic (exact) mass is 434 g/mol. The Balaban J connectivity index is 1.66. The number of carbonyl (C=O) groups excluding carboxylic acids is 2. The van der Waals surface area contributed by atoms with E-state index in [4.69, 9.17) is 9.47 Å². The fourth-order valence-electron chi connectivity index (χ4n) is 4.58. The second-order valence-electron chi connectivity index (χ2n) is 8.48. The van der Waals surface area contributed by atoms with E-state index in [2.05, 4.69) is 11.8 Å². The molecule has 0 radical (unpaired) electrons. The molecule has 1 atom stereocenters. The fourth-order valence-corrected chi connectivity index (χ4v) is 4.58. The molecule has 1 fully saturated rings. The summed E-state index contributed by atoms with van der Waals surface area (Å²) in [7, 11) is 3.22. The lowest BCUT2D eigenvalue weighted by atomic mass is 9.97. The number of carbonyl (C=O) groups is 2. The van der Waals surface area contributed by atoms with Crippen molar-refractivity contribution >= 4 is 17.4 Å². The number of piperidine rings is 1. The lowest BCUT2D eigenvalue weighted by molar-refractivity contribution is -0.137. The first-order valence-electron chi connectivity index (χ1n) is 11.1. The van der Waals surface area contributed by atoms with Crippen LogP contribution in [0.1, 0.15) is 30.9 Å². The van der Waals surface area contributed by atoms with Gasteiger partial charge in [0.2, 0.25) is 0 Å². The lowest BCUT2D eigenvalue weighted by Crippen LogP contribution is -2.39. The van der Waals surface area contributed by atoms with Gasteiger partial charge >= 0.3 is 0 Å². The average molecular weight is 435 g/mol. The smallest absolute Gasteiger partial charge is 0.277 e. The second kappa shape index (κ2) is 9.47. The summed E-state index contributed by atoms with van der Waals surface area (Å²) in [6, 6.07) is 15.1. The predicted octanol–water partition coefficient (Wildman–Crippen LogP) is 3.76. The van der Waals surface area contributed by atoms with Crippen LogP contribution in [-0.2, 0) is 16.0 Å². The third-order valence-corrected chi connectivity index (χ3v) is 6.28. The van der Waals surface area contributed by atoms with Gasteiger partial charge in [-0.2, -0.15) is 0 Å². The summed E-state index contributed by atoms with van der Waals surface area (Å²) in [5.41, 5.74) is 2.69. The molecule has 0 bridgehead atoms. The molecule has 6 heteroatoms. The van der Waals surface area contributed by atoms with Gasteiger partial charge < -0.3 is 14.4 Å². The van der Waals surface area contributed by atoms with Crippen molar-refractivity contribution < 1.29 is 19.1 Å². The number of para-hydroxylation sites is 1. The topological polar surface area (TPSA) is 59.1 Å². The van der Waals surface area contributed by atoms with Gasteiger partial charge in [-0.15, -0.1) is 0 Å². The highest BCUT2D eigenvalue weighted by Crippen LogP contribution is 2.37. The van der Waals surface area contributed by atoms with E-state index in [9.17, 15) is 9.59 Å². The van der Waals surface area contributed by atoms with Gasteiger partial charge in [-0.3, -0.25) is 14.5 Å². The number of amides is 2. The Morgan fingerprint density at radius 1 is 0.969 bits per heavy atom. The zero-order valence-corrected chi connectivity index (χ0v) is 19.0. The van der Waals surface area contributed by atoms with Gasteiger partial charge in [0.05, 0.1) is 19.8 Å². The van der Waals surface area contributed by atoms with E-state index in [1.165, 1.54) is 4.90 Å². The Morgan fingerprint density at radius 2 is 1.72 bits per heavy atom. The number of ether oxygens (including phenoxy) is 2. The zero-order chi connectivity index (χ0) is 22.7. The molecule has 2 aromatic carbocycles. The molecule has 1 unspecified atom stereocenters. The molecule has 6 nitrogen and oxygen atoms in total. The van der Waals surface area contributed by atoms with Crippen molar-refractivity contribution in [2.75, 3.05) is 33.9 Å². The lowest BCUT2D eigenvalue weighted by Gasteiger charge is -2.33. The van der Waals surface area contributed by atoms with Crippen molar-refractivity contribution in [2.45, 2.75) is 26.2 Å². The minimum absolute atomic E-state index is 0.210. The largest absolute Gasteiger partial charge is 0.497 e. The van der Waals surface area contributed by atoms with E-state index in [1.807, 2.05) is 48.5 Å². The van der Waals surface area contributed by atoms with E-state index in [0.717, 1.165) is 37.2 Å². The highest BCUT2D eigenvalue weighted by molar-refractivity contribution is 6.36. The van der Waals surface area contributed by atoms with Crippen LogP contribution < -0.4 is 9.47 Å². The standard InChI is InChI=1S/C26H30N2O4/c1-18-7-6-15-27(17-18)24-23(21-8-4-5-9-22(21)32-3)25(29)28(26(24)30)16-14-19-10-12-20(31-2)13-11-19/h4-5,8-13,18H,6-7,14-17H2,1-3H3. The first-order chi connectivity index (χ1) is 15.5. The number of nitrogens with zero attached hydrogens (tertiary/aromatic N) is 2. The predicted molar refractivity (Wildman–Crippen MR) is 123 cm³/mol. The summed E-state index contributed by atoms with van der Waals surface area (Å²) in [5, 5.41) is 0. The molecule has 1 saturated heterocycles. The third kappa shape index (κ3) is 4.22. The molecule has 2 aliphatic rings. The van der Waals surface area contributed by atoms with Crippen LogP contribution in [0.4, 0.5) is 0 Å². The van der Waals surface area contributed by atoms with Crippen LogP contribution in [0, 0.1) is 5.92 Å². The number of methoxy groups -OCH3 is 2. The number of benzene rings is 2. The van der Waals surface area contributed by atoms with Crippen molar-refractivity contribution in [3.8, 4) is 11.5 Å². The van der Waals surface area contributed by atoms with Crippen LogP contribution in [0.5, 0.6) is 11.5 Å². The van der Waals surface area contributed by atoms with Gasteiger partial charge in [-0.05, 0) is 48.9 Å². The van der Waals surface area contributed by atoms with Crippen molar-refractivity contribution in [3.05, 3.63) is 65.4 Å². The molecular weight excluding hydrogens is 404 g/mol. The number of hydrogen-bond acceptors (Lipinski definition) is 5. The zero-order valence-electron chi connectivity index (χ0n) is 19.0. The van der Waals surface area contributed by atoms with Crippen molar-refractivity contribution in [1.82, 2.24) is 9.80 Å². The Hall–Kier alpha value is -3.28. The molecule has 0 aliphatic carbocycles. The summed E-state index contributed by atoms with van der Waals surface area (Å²) in [6.45, 7) is 4.08. The highest BCUT2D eigenvalue weighted by Gasteiger charge is 2.42. The van der Waals surface area contributed by atoms with Gasteiger partial charge in [0.15, 0.2) is 0 Å². The van der Waals surface area contributed by atoms with Gasteiger partial charge in [-0.1, -0.05) is 37.3 Å². The van der Waals surface area contributed by atoms with E-state index in [-0.39, 0.29) is 11.8 Å². The van der Waals surface area contributed by atoms with Crippen molar-refractivity contribution in [1.29, 1.82) is 0 Å². The molecule has 0 saturated carbocycles. The van der Waals surface area contributed by atoms with Gasteiger partial charge in [0.25, 0.3) is 11.8 Å². The Morgan fingerprint density at radius 3 is 2.41 bits per heavy atom. The van der Waals surface area contributed by atoms with Crippen LogP contribution in [-0.4, -0.2) is 55.5 Å². The average Bonchev–Trinajstić information content (AvgIpc) is 3.07. The molecule has 0 spiro atoms. The Labute approximate surface area is 189 Å². The minimum Gasteiger partial charge on any atom is -0.497 e. The Kier molecular flexibility index (Phi) is 6.49. The van der Waals surface area contributed by atoms with E-state index in [0.29, 0.717) is 41.5 Å². The van der Waals surface area contributed by atoms with Crippen molar-refractivity contribution in [2.24, 2.45) is 5.92 Å². The van der Waals surface area contributed by atoms with Crippen LogP contribution >= 0.6 is 0 Å². The first kappa shape index (κ1) is 21.9. The van der Waals surface area contributed by atoms with E-state index in [1.54, 1.807) is 14.2 Å². The van der Waals surface area contributed by atoms with Crippen molar-refractivity contribution in [3.63, 3.8) is 0 Å². The van der Waals surface area contributed by atoms with Gasteiger partial charge in [-0.25, -0.2) is 0 Å². The fraction of sp³-hybridized carbons (Fsp3) is 0.385. The molecule has 4 rings (SSSR count). The number of likely N-dealkylation sites (tertiary alicyclic amines) is 1. The molecule has 2 amide bonds. The minimum atomic E-state index is -0.249. The summed E-state index contributed by atoms with van der Waals surface area (Å²) < 4.78 is 10.8. The molecule has 168 valence electrons. The number of imide groups is 1. The number of rotatable bonds is 7. The third-order valence-electron chi connectivity index (χ3n) is 6.28. The summed E-state index contributed by atoms with van der Waals surface area (Å²) in [5.74, 6) is 1.40. The number of hydrogen-bond donors (Lipinski definition) is 0. The first-order valence-corrected chi connectivity index (χ1v) is 11.1. The van der Waals surface area contributed by atoms with Crippen LogP contribution in [0.25, 0.3) is 5.57 Å². The Bertz CT molecular complexity index is 1030.